The number of hydrogen-bond donors (Lipinski definition) is 1. The van der Waals surface area contributed by atoms with Gasteiger partial charge in [-0.2, -0.15) is 0 Å². The summed E-state index contributed by atoms with van der Waals surface area (Å²) in [5.41, 5.74) is 7.62. The highest BCUT2D eigenvalue weighted by atomic mass is 79.9. The van der Waals surface area contributed by atoms with Gasteiger partial charge in [-0.05, 0) is 51.8 Å². The Balaban J connectivity index is 2.21. The largest absolute Gasteiger partial charge is 0.399 e. The van der Waals surface area contributed by atoms with E-state index in [4.69, 9.17) is 28.9 Å². The molecule has 2 aromatic carbocycles. The van der Waals surface area contributed by atoms with Crippen LogP contribution in [0.15, 0.2) is 40.9 Å². The Morgan fingerprint density at radius 2 is 1.95 bits per heavy atom. The fraction of sp³-hybridized carbons (Fsp3) is 0.133. The Kier molecular flexibility index (Phi) is 5.14. The lowest BCUT2D eigenvalue weighted by Gasteiger charge is -2.19. The number of nitrogen functional groups attached to an aromatic ring is 1. The molecule has 21 heavy (non-hydrogen) atoms. The summed E-state index contributed by atoms with van der Waals surface area (Å²) in [6, 6.07) is 10.3. The molecule has 0 saturated carbocycles. The first kappa shape index (κ1) is 16.1. The Morgan fingerprint density at radius 1 is 1.24 bits per heavy atom. The Bertz CT molecular complexity index is 691. The molecule has 2 N–H and O–H groups in total. The number of carbonyl (C=O) groups is 1. The summed E-state index contributed by atoms with van der Waals surface area (Å²) < 4.78 is 0.704. The molecule has 0 fully saturated rings. The summed E-state index contributed by atoms with van der Waals surface area (Å²) in [6.45, 7) is 0.385. The van der Waals surface area contributed by atoms with Crippen molar-refractivity contribution in [3.63, 3.8) is 0 Å². The van der Waals surface area contributed by atoms with Gasteiger partial charge in [-0.3, -0.25) is 4.79 Å². The third kappa shape index (κ3) is 3.90. The lowest BCUT2D eigenvalue weighted by molar-refractivity contribution is 0.0784. The van der Waals surface area contributed by atoms with Crippen LogP contribution in [0.4, 0.5) is 5.69 Å². The van der Waals surface area contributed by atoms with Gasteiger partial charge >= 0.3 is 0 Å². The van der Waals surface area contributed by atoms with Crippen molar-refractivity contribution in [1.82, 2.24) is 4.90 Å². The van der Waals surface area contributed by atoms with Crippen LogP contribution in [-0.4, -0.2) is 17.9 Å². The second-order valence-corrected chi connectivity index (χ2v) is 6.33. The number of halogens is 3. The number of nitrogens with zero attached hydrogens (tertiary/aromatic N) is 1. The normalized spacial score (nSPS) is 10.5. The average Bonchev–Trinajstić information content (AvgIpc) is 2.43. The summed E-state index contributed by atoms with van der Waals surface area (Å²) >= 11 is 15.4. The van der Waals surface area contributed by atoms with Crippen molar-refractivity contribution in [3.05, 3.63) is 62.0 Å². The summed E-state index contributed by atoms with van der Waals surface area (Å²) in [6.07, 6.45) is 0. The molecule has 3 nitrogen and oxygen atoms in total. The minimum Gasteiger partial charge on any atom is -0.399 e. The Labute approximate surface area is 141 Å². The predicted octanol–water partition coefficient (Wildman–Crippen LogP) is 4.61. The summed E-state index contributed by atoms with van der Waals surface area (Å²) in [7, 11) is 1.71. The van der Waals surface area contributed by atoms with Gasteiger partial charge in [-0.1, -0.05) is 29.3 Å². The van der Waals surface area contributed by atoms with Crippen molar-refractivity contribution in [2.75, 3.05) is 12.8 Å². The maximum Gasteiger partial charge on any atom is 0.255 e. The van der Waals surface area contributed by atoms with Crippen LogP contribution in [0.25, 0.3) is 0 Å². The van der Waals surface area contributed by atoms with E-state index in [-0.39, 0.29) is 5.91 Å². The van der Waals surface area contributed by atoms with Gasteiger partial charge in [0.15, 0.2) is 0 Å². The number of amides is 1. The highest BCUT2D eigenvalue weighted by Crippen LogP contribution is 2.24. The Morgan fingerprint density at radius 3 is 2.62 bits per heavy atom. The van der Waals surface area contributed by atoms with Crippen LogP contribution in [0.5, 0.6) is 0 Å². The quantitative estimate of drug-likeness (QED) is 0.781. The zero-order valence-corrected chi connectivity index (χ0v) is 14.3. The topological polar surface area (TPSA) is 46.3 Å². The molecule has 0 spiro atoms. The monoisotopic (exact) mass is 386 g/mol. The standard InChI is InChI=1S/C15H13BrCl2N2O/c1-20(8-9-2-3-10(17)6-14(9)18)15(21)12-7-11(19)4-5-13(12)16/h2-7H,8,19H2,1H3. The van der Waals surface area contributed by atoms with Gasteiger partial charge in [0.05, 0.1) is 5.56 Å². The number of anilines is 1. The zero-order valence-electron chi connectivity index (χ0n) is 11.2. The lowest BCUT2D eigenvalue weighted by Crippen LogP contribution is -2.26. The molecule has 1 amide bonds. The van der Waals surface area contributed by atoms with E-state index in [1.54, 1.807) is 42.3 Å². The van der Waals surface area contributed by atoms with Crippen LogP contribution in [-0.2, 0) is 6.54 Å². The molecule has 0 aromatic heterocycles. The van der Waals surface area contributed by atoms with Gasteiger partial charge in [0.25, 0.3) is 5.91 Å². The van der Waals surface area contributed by atoms with Gasteiger partial charge < -0.3 is 10.6 Å². The van der Waals surface area contributed by atoms with Gasteiger partial charge in [0.1, 0.15) is 0 Å². The molecule has 2 aromatic rings. The predicted molar refractivity (Wildman–Crippen MR) is 90.8 cm³/mol. The number of carbonyl (C=O) groups excluding carboxylic acids is 1. The van der Waals surface area contributed by atoms with Gasteiger partial charge in [-0.25, -0.2) is 0 Å². The second kappa shape index (κ2) is 6.69. The minimum atomic E-state index is -0.139. The number of benzene rings is 2. The summed E-state index contributed by atoms with van der Waals surface area (Å²) in [4.78, 5) is 14.0. The van der Waals surface area contributed by atoms with Crippen LogP contribution in [0.2, 0.25) is 10.0 Å². The van der Waals surface area contributed by atoms with E-state index in [9.17, 15) is 4.79 Å². The molecule has 0 saturated heterocycles. The number of rotatable bonds is 3. The summed E-state index contributed by atoms with van der Waals surface area (Å²) in [5, 5.41) is 1.10. The smallest absolute Gasteiger partial charge is 0.255 e. The molecule has 0 aliphatic carbocycles. The fourth-order valence-corrected chi connectivity index (χ4v) is 2.77. The molecule has 0 aliphatic rings. The van der Waals surface area contributed by atoms with Crippen molar-refractivity contribution in [1.29, 1.82) is 0 Å². The molecule has 0 aliphatic heterocycles. The molecule has 2 rings (SSSR count). The van der Waals surface area contributed by atoms with Crippen LogP contribution in [0.3, 0.4) is 0 Å². The third-order valence-electron chi connectivity index (χ3n) is 2.99. The van der Waals surface area contributed by atoms with Crippen LogP contribution in [0, 0.1) is 0 Å². The van der Waals surface area contributed by atoms with Crippen LogP contribution in [0.1, 0.15) is 15.9 Å². The first-order chi connectivity index (χ1) is 9.88. The average molecular weight is 388 g/mol. The van der Waals surface area contributed by atoms with Crippen LogP contribution >= 0.6 is 39.1 Å². The van der Waals surface area contributed by atoms with E-state index < -0.39 is 0 Å². The molecule has 0 heterocycles. The fourth-order valence-electron chi connectivity index (χ4n) is 1.89. The zero-order chi connectivity index (χ0) is 15.6. The molecule has 0 bridgehead atoms. The molecule has 6 heteroatoms. The van der Waals surface area contributed by atoms with E-state index in [1.807, 2.05) is 6.07 Å². The Hall–Kier alpha value is -1.23. The van der Waals surface area contributed by atoms with E-state index in [2.05, 4.69) is 15.9 Å². The first-order valence-electron chi connectivity index (χ1n) is 6.13. The molecule has 0 atom stereocenters. The molecule has 110 valence electrons. The maximum absolute atomic E-state index is 12.5. The van der Waals surface area contributed by atoms with Crippen LogP contribution < -0.4 is 5.73 Å². The van der Waals surface area contributed by atoms with Gasteiger partial charge in [0.2, 0.25) is 0 Å². The number of hydrogen-bond acceptors (Lipinski definition) is 2. The summed E-state index contributed by atoms with van der Waals surface area (Å²) in [5.74, 6) is -0.139. The molecule has 0 unspecified atom stereocenters. The second-order valence-electron chi connectivity index (χ2n) is 4.64. The third-order valence-corrected chi connectivity index (χ3v) is 4.27. The SMILES string of the molecule is CN(Cc1ccc(Cl)cc1Cl)C(=O)c1cc(N)ccc1Br. The van der Waals surface area contributed by atoms with Crippen molar-refractivity contribution in [2.45, 2.75) is 6.54 Å². The highest BCUT2D eigenvalue weighted by molar-refractivity contribution is 9.10. The van der Waals surface area contributed by atoms with Crippen molar-refractivity contribution >= 4 is 50.7 Å². The maximum atomic E-state index is 12.5. The first-order valence-corrected chi connectivity index (χ1v) is 7.68. The molecule has 0 radical (unpaired) electrons. The molecular formula is C15H13BrCl2N2O. The van der Waals surface area contributed by atoms with Crippen molar-refractivity contribution in [3.8, 4) is 0 Å². The van der Waals surface area contributed by atoms with Crippen molar-refractivity contribution < 1.29 is 4.79 Å². The van der Waals surface area contributed by atoms with Gasteiger partial charge in [-0.15, -0.1) is 0 Å². The van der Waals surface area contributed by atoms with E-state index >= 15 is 0 Å². The van der Waals surface area contributed by atoms with E-state index in [1.165, 1.54) is 0 Å². The lowest BCUT2D eigenvalue weighted by atomic mass is 10.1. The van der Waals surface area contributed by atoms with Gasteiger partial charge in [0, 0.05) is 33.8 Å². The van der Waals surface area contributed by atoms with Crippen molar-refractivity contribution in [2.24, 2.45) is 0 Å². The highest BCUT2D eigenvalue weighted by Gasteiger charge is 2.16. The number of nitrogens with two attached hydrogens (primary N) is 1. The van der Waals surface area contributed by atoms with E-state index in [0.717, 1.165) is 5.56 Å². The van der Waals surface area contributed by atoms with E-state index in [0.29, 0.717) is 32.3 Å². The minimum absolute atomic E-state index is 0.139. The molecular weight excluding hydrogens is 375 g/mol.